The first-order chi connectivity index (χ1) is 10.6. The second-order valence-electron chi connectivity index (χ2n) is 5.44. The Kier molecular flexibility index (Phi) is 5.88. The molecule has 0 aliphatic carbocycles. The fraction of sp³-hybridized carbons (Fsp3) is 0.467. The van der Waals surface area contributed by atoms with E-state index in [2.05, 4.69) is 10.2 Å². The summed E-state index contributed by atoms with van der Waals surface area (Å²) in [5.74, 6) is 3.87. The Bertz CT molecular complexity index is 510. The Hall–Kier alpha value is -1.96. The highest BCUT2D eigenvalue weighted by atomic mass is 16.6. The highest BCUT2D eigenvalue weighted by Crippen LogP contribution is 2.17. The van der Waals surface area contributed by atoms with Gasteiger partial charge in [0.05, 0.1) is 19.1 Å². The van der Waals surface area contributed by atoms with Crippen LogP contribution in [-0.4, -0.2) is 41.5 Å². The van der Waals surface area contributed by atoms with Gasteiger partial charge in [0.1, 0.15) is 0 Å². The van der Waals surface area contributed by atoms with Gasteiger partial charge in [-0.15, -0.1) is 0 Å². The van der Waals surface area contributed by atoms with Crippen molar-refractivity contribution in [3.63, 3.8) is 0 Å². The van der Waals surface area contributed by atoms with E-state index in [1.165, 1.54) is 0 Å². The number of carboxylic acids is 1. The summed E-state index contributed by atoms with van der Waals surface area (Å²) < 4.78 is 0. The molecule has 0 saturated carbocycles. The zero-order chi connectivity index (χ0) is 15.9. The molecule has 1 amide bonds. The number of aliphatic carboxylic acids is 1. The van der Waals surface area contributed by atoms with Crippen LogP contribution in [-0.2, 0) is 21.0 Å². The summed E-state index contributed by atoms with van der Waals surface area (Å²) in [5.41, 5.74) is 1.64. The van der Waals surface area contributed by atoms with Crippen LogP contribution in [0.15, 0.2) is 24.3 Å². The van der Waals surface area contributed by atoms with Gasteiger partial charge in [-0.2, -0.15) is 0 Å². The number of anilines is 1. The van der Waals surface area contributed by atoms with E-state index < -0.39 is 5.97 Å². The summed E-state index contributed by atoms with van der Waals surface area (Å²) >= 11 is 0. The van der Waals surface area contributed by atoms with Crippen LogP contribution in [0.3, 0.4) is 0 Å². The molecule has 7 heteroatoms. The summed E-state index contributed by atoms with van der Waals surface area (Å²) in [6, 6.07) is 7.26. The van der Waals surface area contributed by atoms with Gasteiger partial charge < -0.3 is 10.4 Å². The van der Waals surface area contributed by atoms with Crippen molar-refractivity contribution in [2.24, 2.45) is 11.8 Å². The molecule has 1 aromatic carbocycles. The van der Waals surface area contributed by atoms with Crippen LogP contribution in [0.2, 0.25) is 0 Å². The Morgan fingerprint density at radius 3 is 2.45 bits per heavy atom. The maximum Gasteiger partial charge on any atom is 0.306 e. The molecule has 1 aliphatic rings. The number of piperidine rings is 1. The first-order valence-electron chi connectivity index (χ1n) is 7.24. The second-order valence-corrected chi connectivity index (χ2v) is 5.44. The molecule has 1 aromatic rings. The monoisotopic (exact) mass is 307 g/mol. The average molecular weight is 307 g/mol. The Morgan fingerprint density at radius 1 is 1.27 bits per heavy atom. The third-order valence-electron chi connectivity index (χ3n) is 3.79. The lowest BCUT2D eigenvalue weighted by Crippen LogP contribution is -2.40. The lowest BCUT2D eigenvalue weighted by atomic mass is 9.97. The van der Waals surface area contributed by atoms with Crippen molar-refractivity contribution in [1.82, 2.24) is 4.90 Å². The van der Waals surface area contributed by atoms with E-state index in [1.54, 1.807) is 12.1 Å². The number of hydrogen-bond donors (Lipinski definition) is 3. The van der Waals surface area contributed by atoms with Crippen LogP contribution < -0.4 is 11.2 Å². The van der Waals surface area contributed by atoms with Gasteiger partial charge in [-0.3, -0.25) is 19.3 Å². The van der Waals surface area contributed by atoms with Gasteiger partial charge >= 0.3 is 5.97 Å². The number of amides is 1. The van der Waals surface area contributed by atoms with E-state index in [-0.39, 0.29) is 18.4 Å². The van der Waals surface area contributed by atoms with Crippen LogP contribution in [0.5, 0.6) is 0 Å². The first kappa shape index (κ1) is 16.4. The van der Waals surface area contributed by atoms with E-state index >= 15 is 0 Å². The van der Waals surface area contributed by atoms with Crippen LogP contribution in [0.25, 0.3) is 0 Å². The minimum atomic E-state index is -0.745. The van der Waals surface area contributed by atoms with Gasteiger partial charge in [-0.25, -0.2) is 5.90 Å². The maximum atomic E-state index is 12.0. The number of carbonyl (C=O) groups excluding carboxylic acids is 1. The minimum absolute atomic E-state index is 0.100. The van der Waals surface area contributed by atoms with Crippen molar-refractivity contribution in [3.8, 4) is 0 Å². The van der Waals surface area contributed by atoms with Crippen LogP contribution in [0, 0.1) is 5.92 Å². The smallest absolute Gasteiger partial charge is 0.306 e. The minimum Gasteiger partial charge on any atom is -0.481 e. The van der Waals surface area contributed by atoms with Crippen molar-refractivity contribution in [2.45, 2.75) is 19.4 Å². The van der Waals surface area contributed by atoms with Crippen molar-refractivity contribution in [1.29, 1.82) is 0 Å². The SMILES string of the molecule is NOCc1ccc(NC(=O)CN2CCC(C(=O)O)CC2)cc1. The predicted octanol–water partition coefficient (Wildman–Crippen LogP) is 0.812. The van der Waals surface area contributed by atoms with Gasteiger partial charge in [0.25, 0.3) is 0 Å². The van der Waals surface area contributed by atoms with Gasteiger partial charge in [0, 0.05) is 5.69 Å². The summed E-state index contributed by atoms with van der Waals surface area (Å²) in [7, 11) is 0. The number of benzene rings is 1. The molecule has 7 nitrogen and oxygen atoms in total. The number of nitrogens with two attached hydrogens (primary N) is 1. The molecular formula is C15H21N3O4. The molecule has 1 saturated heterocycles. The number of hydrogen-bond acceptors (Lipinski definition) is 5. The topological polar surface area (TPSA) is 105 Å². The lowest BCUT2D eigenvalue weighted by molar-refractivity contribution is -0.143. The quantitative estimate of drug-likeness (QED) is 0.672. The molecule has 0 unspecified atom stereocenters. The van der Waals surface area contributed by atoms with Gasteiger partial charge in [0.2, 0.25) is 5.91 Å². The van der Waals surface area contributed by atoms with E-state index in [9.17, 15) is 9.59 Å². The number of rotatable bonds is 6. The normalized spacial score (nSPS) is 16.4. The van der Waals surface area contributed by atoms with E-state index in [1.807, 2.05) is 17.0 Å². The fourth-order valence-electron chi connectivity index (χ4n) is 2.52. The molecule has 1 heterocycles. The molecule has 2 rings (SSSR count). The third kappa shape index (κ3) is 4.80. The number of nitrogens with zero attached hydrogens (tertiary/aromatic N) is 1. The van der Waals surface area contributed by atoms with Crippen molar-refractivity contribution < 1.29 is 19.5 Å². The molecule has 0 bridgehead atoms. The molecule has 0 atom stereocenters. The number of carbonyl (C=O) groups is 2. The molecule has 1 fully saturated rings. The highest BCUT2D eigenvalue weighted by molar-refractivity contribution is 5.92. The third-order valence-corrected chi connectivity index (χ3v) is 3.79. The van der Waals surface area contributed by atoms with Crippen molar-refractivity contribution in [2.75, 3.05) is 25.0 Å². The van der Waals surface area contributed by atoms with Crippen molar-refractivity contribution in [3.05, 3.63) is 29.8 Å². The van der Waals surface area contributed by atoms with Gasteiger partial charge in [-0.1, -0.05) is 12.1 Å². The first-order valence-corrected chi connectivity index (χ1v) is 7.24. The molecule has 4 N–H and O–H groups in total. The maximum absolute atomic E-state index is 12.0. The molecular weight excluding hydrogens is 286 g/mol. The molecule has 1 aliphatic heterocycles. The highest BCUT2D eigenvalue weighted by Gasteiger charge is 2.25. The zero-order valence-electron chi connectivity index (χ0n) is 12.3. The zero-order valence-corrected chi connectivity index (χ0v) is 12.3. The van der Waals surface area contributed by atoms with E-state index in [0.29, 0.717) is 38.2 Å². The lowest BCUT2D eigenvalue weighted by Gasteiger charge is -2.29. The van der Waals surface area contributed by atoms with E-state index in [4.69, 9.17) is 11.0 Å². The predicted molar refractivity (Wildman–Crippen MR) is 80.8 cm³/mol. The molecule has 0 radical (unpaired) electrons. The second kappa shape index (κ2) is 7.88. The van der Waals surface area contributed by atoms with Crippen LogP contribution >= 0.6 is 0 Å². The molecule has 0 spiro atoms. The summed E-state index contributed by atoms with van der Waals surface area (Å²) in [6.07, 6.45) is 1.19. The standard InChI is InChI=1S/C15H21N3O4/c16-22-10-11-1-3-13(4-2-11)17-14(19)9-18-7-5-12(6-8-18)15(20)21/h1-4,12H,5-10,16H2,(H,17,19)(H,20,21). The summed E-state index contributed by atoms with van der Waals surface area (Å²) in [5, 5.41) is 11.8. The number of nitrogens with one attached hydrogen (secondary N) is 1. The average Bonchev–Trinajstić information content (AvgIpc) is 2.50. The largest absolute Gasteiger partial charge is 0.481 e. The van der Waals surface area contributed by atoms with E-state index in [0.717, 1.165) is 5.56 Å². The van der Waals surface area contributed by atoms with Crippen LogP contribution in [0.1, 0.15) is 18.4 Å². The van der Waals surface area contributed by atoms with Crippen molar-refractivity contribution >= 4 is 17.6 Å². The van der Waals surface area contributed by atoms with Gasteiger partial charge in [-0.05, 0) is 43.6 Å². The summed E-state index contributed by atoms with van der Waals surface area (Å²) in [4.78, 5) is 29.4. The Labute approximate surface area is 129 Å². The Morgan fingerprint density at radius 2 is 1.91 bits per heavy atom. The van der Waals surface area contributed by atoms with Crippen LogP contribution in [0.4, 0.5) is 5.69 Å². The van der Waals surface area contributed by atoms with Gasteiger partial charge in [0.15, 0.2) is 0 Å². The summed E-state index contributed by atoms with van der Waals surface area (Å²) in [6.45, 7) is 1.88. The molecule has 120 valence electrons. The number of likely N-dealkylation sites (tertiary alicyclic amines) is 1. The molecule has 0 aromatic heterocycles. The number of carboxylic acid groups (broad SMARTS) is 1. The molecule has 22 heavy (non-hydrogen) atoms. The Balaban J connectivity index is 1.77. The fourth-order valence-corrected chi connectivity index (χ4v) is 2.52.